The number of allylic oxidation sites excluding steroid dienone is 1. The van der Waals surface area contributed by atoms with Gasteiger partial charge in [0.2, 0.25) is 0 Å². The van der Waals surface area contributed by atoms with Gasteiger partial charge in [0, 0.05) is 31.8 Å². The summed E-state index contributed by atoms with van der Waals surface area (Å²) in [5.41, 5.74) is 1.87. The lowest BCUT2D eigenvalue weighted by molar-refractivity contribution is -0.00743. The van der Waals surface area contributed by atoms with Crippen molar-refractivity contribution >= 4 is 0 Å². The van der Waals surface area contributed by atoms with E-state index in [9.17, 15) is 0 Å². The maximum absolute atomic E-state index is 5.54. The third kappa shape index (κ3) is 3.63. The molecule has 1 aliphatic heterocycles. The molecule has 1 fully saturated rings. The molecular weight excluding hydrogens is 248 g/mol. The fourth-order valence-corrected chi connectivity index (χ4v) is 3.73. The molecule has 3 nitrogen and oxygen atoms in total. The van der Waals surface area contributed by atoms with Crippen LogP contribution in [0.5, 0.6) is 0 Å². The third-order valence-electron chi connectivity index (χ3n) is 5.55. The van der Waals surface area contributed by atoms with Gasteiger partial charge in [0.15, 0.2) is 0 Å². The van der Waals surface area contributed by atoms with Crippen LogP contribution in [0, 0.1) is 11.8 Å². The molecule has 0 spiro atoms. The van der Waals surface area contributed by atoms with E-state index >= 15 is 0 Å². The van der Waals surface area contributed by atoms with Crippen molar-refractivity contribution in [1.29, 1.82) is 0 Å². The van der Waals surface area contributed by atoms with Crippen LogP contribution in [0.4, 0.5) is 0 Å². The normalized spacial score (nSPS) is 30.4. The van der Waals surface area contributed by atoms with E-state index in [0.717, 1.165) is 51.0 Å². The van der Waals surface area contributed by atoms with E-state index in [1.165, 1.54) is 12.8 Å². The molecule has 2 rings (SSSR count). The summed E-state index contributed by atoms with van der Waals surface area (Å²) in [6, 6.07) is 0. The topological polar surface area (TPSA) is 24.5 Å². The van der Waals surface area contributed by atoms with Crippen molar-refractivity contribution in [2.24, 2.45) is 11.8 Å². The summed E-state index contributed by atoms with van der Waals surface area (Å²) >= 11 is 0. The predicted octanol–water partition coefficient (Wildman–Crippen LogP) is 2.68. The zero-order chi connectivity index (χ0) is 14.6. The molecule has 0 amide bonds. The largest absolute Gasteiger partial charge is 0.381 e. The fourth-order valence-electron chi connectivity index (χ4n) is 3.73. The van der Waals surface area contributed by atoms with Crippen LogP contribution in [0.1, 0.15) is 39.5 Å². The van der Waals surface area contributed by atoms with Gasteiger partial charge in [-0.25, -0.2) is 0 Å². The Hall–Kier alpha value is -0.380. The van der Waals surface area contributed by atoms with E-state index in [2.05, 4.69) is 44.2 Å². The number of hydrogen-bond acceptors (Lipinski definition) is 3. The maximum Gasteiger partial charge on any atom is 0.0484 e. The summed E-state index contributed by atoms with van der Waals surface area (Å²) in [7, 11) is 4.42. The van der Waals surface area contributed by atoms with E-state index in [1.807, 2.05) is 0 Å². The fraction of sp³-hybridized carbons (Fsp3) is 0.882. The molecule has 1 saturated heterocycles. The van der Waals surface area contributed by atoms with Gasteiger partial charge >= 0.3 is 0 Å². The average Bonchev–Trinajstić information content (AvgIpc) is 2.43. The third-order valence-corrected chi connectivity index (χ3v) is 5.55. The molecule has 1 aliphatic carbocycles. The Morgan fingerprint density at radius 2 is 2.05 bits per heavy atom. The first-order valence-corrected chi connectivity index (χ1v) is 8.18. The minimum atomic E-state index is 0.285. The Morgan fingerprint density at radius 3 is 2.65 bits per heavy atom. The van der Waals surface area contributed by atoms with Crippen molar-refractivity contribution in [3.05, 3.63) is 11.6 Å². The van der Waals surface area contributed by atoms with E-state index in [4.69, 9.17) is 4.74 Å². The summed E-state index contributed by atoms with van der Waals surface area (Å²) in [6.07, 6.45) is 7.32. The smallest absolute Gasteiger partial charge is 0.0484 e. The highest BCUT2D eigenvalue weighted by molar-refractivity contribution is 5.09. The van der Waals surface area contributed by atoms with E-state index in [1.54, 1.807) is 5.57 Å². The van der Waals surface area contributed by atoms with Crippen LogP contribution in [0.25, 0.3) is 0 Å². The molecule has 3 heteroatoms. The van der Waals surface area contributed by atoms with Gasteiger partial charge in [-0.15, -0.1) is 0 Å². The Bertz CT molecular complexity index is 332. The number of nitrogens with zero attached hydrogens (tertiary/aromatic N) is 1. The van der Waals surface area contributed by atoms with Crippen LogP contribution in [0.3, 0.4) is 0 Å². The summed E-state index contributed by atoms with van der Waals surface area (Å²) in [6.45, 7) is 8.72. The van der Waals surface area contributed by atoms with Crippen molar-refractivity contribution in [3.8, 4) is 0 Å². The van der Waals surface area contributed by atoms with Gasteiger partial charge in [0.25, 0.3) is 0 Å². The lowest BCUT2D eigenvalue weighted by Crippen LogP contribution is -2.55. The molecule has 0 aromatic heterocycles. The Kier molecular flexibility index (Phi) is 5.65. The molecular formula is C17H32N2O. The van der Waals surface area contributed by atoms with Crippen LogP contribution < -0.4 is 5.32 Å². The molecule has 1 N–H and O–H groups in total. The first-order chi connectivity index (χ1) is 9.55. The highest BCUT2D eigenvalue weighted by Crippen LogP contribution is 2.30. The number of ether oxygens (including phenoxy) is 1. The van der Waals surface area contributed by atoms with Crippen LogP contribution in [-0.2, 0) is 4.74 Å². The molecule has 0 bridgehead atoms. The molecule has 0 saturated carbocycles. The lowest BCUT2D eigenvalue weighted by Gasteiger charge is -2.43. The number of rotatable bonds is 5. The molecule has 2 aliphatic rings. The Morgan fingerprint density at radius 1 is 1.35 bits per heavy atom. The van der Waals surface area contributed by atoms with Crippen LogP contribution in [0.15, 0.2) is 11.6 Å². The van der Waals surface area contributed by atoms with Crippen molar-refractivity contribution in [3.63, 3.8) is 0 Å². The summed E-state index contributed by atoms with van der Waals surface area (Å²) in [5.74, 6) is 1.54. The van der Waals surface area contributed by atoms with Gasteiger partial charge in [0.1, 0.15) is 0 Å². The average molecular weight is 280 g/mol. The van der Waals surface area contributed by atoms with Gasteiger partial charge in [-0.3, -0.25) is 0 Å². The summed E-state index contributed by atoms with van der Waals surface area (Å²) < 4.78 is 5.54. The monoisotopic (exact) mass is 280 g/mol. The lowest BCUT2D eigenvalue weighted by atomic mass is 9.80. The van der Waals surface area contributed by atoms with Gasteiger partial charge in [-0.1, -0.05) is 18.6 Å². The Balaban J connectivity index is 1.87. The van der Waals surface area contributed by atoms with Gasteiger partial charge in [0.05, 0.1) is 0 Å². The van der Waals surface area contributed by atoms with Gasteiger partial charge < -0.3 is 15.0 Å². The van der Waals surface area contributed by atoms with Crippen molar-refractivity contribution in [2.75, 3.05) is 40.4 Å². The van der Waals surface area contributed by atoms with Crippen molar-refractivity contribution in [2.45, 2.75) is 45.1 Å². The first-order valence-electron chi connectivity index (χ1n) is 8.18. The summed E-state index contributed by atoms with van der Waals surface area (Å²) in [4.78, 5) is 2.40. The molecule has 0 aromatic rings. The second kappa shape index (κ2) is 7.06. The second-order valence-electron chi connectivity index (χ2n) is 6.97. The second-order valence-corrected chi connectivity index (χ2v) is 6.97. The molecule has 2 atom stereocenters. The molecule has 0 radical (unpaired) electrons. The van der Waals surface area contributed by atoms with Crippen molar-refractivity contribution in [1.82, 2.24) is 10.2 Å². The minimum Gasteiger partial charge on any atom is -0.381 e. The molecule has 20 heavy (non-hydrogen) atoms. The highest BCUT2D eigenvalue weighted by atomic mass is 16.5. The number of likely N-dealkylation sites (N-methyl/N-ethyl adjacent to an activating group) is 1. The highest BCUT2D eigenvalue weighted by Gasteiger charge is 2.34. The van der Waals surface area contributed by atoms with E-state index in [0.29, 0.717) is 0 Å². The zero-order valence-electron chi connectivity index (χ0n) is 13.7. The van der Waals surface area contributed by atoms with E-state index in [-0.39, 0.29) is 5.54 Å². The molecule has 116 valence electrons. The molecule has 0 aromatic carbocycles. The number of nitrogens with one attached hydrogen (secondary N) is 1. The minimum absolute atomic E-state index is 0.285. The quantitative estimate of drug-likeness (QED) is 0.784. The maximum atomic E-state index is 5.54. The molecule has 1 heterocycles. The van der Waals surface area contributed by atoms with Crippen molar-refractivity contribution < 1.29 is 4.74 Å². The number of hydrogen-bond donors (Lipinski definition) is 1. The first kappa shape index (κ1) is 16.0. The van der Waals surface area contributed by atoms with E-state index < -0.39 is 0 Å². The molecule has 0 unspecified atom stereocenters. The Labute approximate surface area is 124 Å². The summed E-state index contributed by atoms with van der Waals surface area (Å²) in [5, 5.41) is 3.77. The SMILES string of the molecule is CC1=CCC[C@H](C)[C@@H]1CNCC1(N(C)C)CCOCC1. The van der Waals surface area contributed by atoms with Crippen LogP contribution >= 0.6 is 0 Å². The van der Waals surface area contributed by atoms with Gasteiger partial charge in [-0.2, -0.15) is 0 Å². The van der Waals surface area contributed by atoms with Gasteiger partial charge in [-0.05, 0) is 58.5 Å². The van der Waals surface area contributed by atoms with Crippen LogP contribution in [0.2, 0.25) is 0 Å². The van der Waals surface area contributed by atoms with Crippen LogP contribution in [-0.4, -0.2) is 50.8 Å². The zero-order valence-corrected chi connectivity index (χ0v) is 13.7. The predicted molar refractivity (Wildman–Crippen MR) is 85.0 cm³/mol. The standard InChI is InChI=1S/C17H32N2O/c1-14-6-5-7-15(2)16(14)12-18-13-17(19(3)4)8-10-20-11-9-17/h6,15-16,18H,5,7-13H2,1-4H3/t15-,16+/m0/s1.